The fraction of sp³-hybridized carbons (Fsp3) is 0.318. The number of aromatic carboxylic acids is 1. The van der Waals surface area contributed by atoms with Crippen LogP contribution in [0.5, 0.6) is 5.75 Å². The van der Waals surface area contributed by atoms with Gasteiger partial charge in [0.25, 0.3) is 0 Å². The van der Waals surface area contributed by atoms with Crippen molar-refractivity contribution in [2.75, 3.05) is 6.61 Å². The van der Waals surface area contributed by atoms with Crippen LogP contribution in [0.1, 0.15) is 44.0 Å². The Morgan fingerprint density at radius 2 is 1.60 bits per heavy atom. The fourth-order valence-electron chi connectivity index (χ4n) is 2.48. The molecule has 1 atom stereocenters. The maximum Gasteiger partial charge on any atom is 0.335 e. The van der Waals surface area contributed by atoms with Gasteiger partial charge in [-0.15, -0.1) is 0 Å². The van der Waals surface area contributed by atoms with Gasteiger partial charge in [-0.25, -0.2) is 4.79 Å². The van der Waals surface area contributed by atoms with E-state index in [2.05, 4.69) is 26.8 Å². The lowest BCUT2D eigenvalue weighted by Crippen LogP contribution is -2.03. The summed E-state index contributed by atoms with van der Waals surface area (Å²) in [5.41, 5.74) is 3.69. The molecule has 2 rings (SSSR count). The number of hydrogen-bond donors (Lipinski definition) is 1. The van der Waals surface area contributed by atoms with Gasteiger partial charge in [-0.2, -0.15) is 0 Å². The Kier molecular flexibility index (Phi) is 6.81. The lowest BCUT2D eigenvalue weighted by molar-refractivity contribution is 0.0697. The van der Waals surface area contributed by atoms with Crippen molar-refractivity contribution in [2.24, 2.45) is 5.92 Å². The number of carboxylic acids is 1. The van der Waals surface area contributed by atoms with Crippen LogP contribution in [0.3, 0.4) is 0 Å². The summed E-state index contributed by atoms with van der Waals surface area (Å²) in [6, 6.07) is 14.8. The summed E-state index contributed by atoms with van der Waals surface area (Å²) in [7, 11) is 0. The lowest BCUT2D eigenvalue weighted by Gasteiger charge is -2.11. The Morgan fingerprint density at radius 1 is 1.04 bits per heavy atom. The van der Waals surface area contributed by atoms with Crippen LogP contribution in [0.15, 0.2) is 60.2 Å². The molecule has 25 heavy (non-hydrogen) atoms. The predicted octanol–water partition coefficient (Wildman–Crippen LogP) is 5.81. The van der Waals surface area contributed by atoms with Gasteiger partial charge in [-0.05, 0) is 68.0 Å². The van der Waals surface area contributed by atoms with Crippen LogP contribution in [0.25, 0.3) is 11.1 Å². The van der Waals surface area contributed by atoms with Crippen LogP contribution in [-0.4, -0.2) is 17.7 Å². The Morgan fingerprint density at radius 3 is 2.12 bits per heavy atom. The second kappa shape index (κ2) is 9.07. The van der Waals surface area contributed by atoms with Gasteiger partial charge in [0.05, 0.1) is 12.2 Å². The predicted molar refractivity (Wildman–Crippen MR) is 102 cm³/mol. The van der Waals surface area contributed by atoms with Gasteiger partial charge in [0, 0.05) is 0 Å². The monoisotopic (exact) mass is 338 g/mol. The molecule has 3 heteroatoms. The standard InChI is InChI=1S/C22H26O3/c1-16(2)4-5-17(3)14-15-25-21-12-10-19(11-13-21)18-6-8-20(9-7-18)22(23)24/h4,6-13,17H,5,14-15H2,1-3H3,(H,23,24). The summed E-state index contributed by atoms with van der Waals surface area (Å²) in [6.07, 6.45) is 4.40. The SMILES string of the molecule is CC(C)=CCC(C)CCOc1ccc(-c2ccc(C(=O)O)cc2)cc1. The minimum Gasteiger partial charge on any atom is -0.494 e. The molecule has 0 aromatic heterocycles. The van der Waals surface area contributed by atoms with Gasteiger partial charge < -0.3 is 9.84 Å². The third kappa shape index (κ3) is 6.11. The maximum atomic E-state index is 10.9. The summed E-state index contributed by atoms with van der Waals surface area (Å²) in [5, 5.41) is 8.95. The zero-order chi connectivity index (χ0) is 18.2. The Labute approximate surface area is 150 Å². The molecular weight excluding hydrogens is 312 g/mol. The van der Waals surface area contributed by atoms with E-state index < -0.39 is 5.97 Å². The van der Waals surface area contributed by atoms with Crippen molar-refractivity contribution in [3.63, 3.8) is 0 Å². The Hall–Kier alpha value is -2.55. The minimum atomic E-state index is -0.908. The molecule has 0 spiro atoms. The highest BCUT2D eigenvalue weighted by Gasteiger charge is 2.04. The second-order valence-electron chi connectivity index (χ2n) is 6.67. The fourth-order valence-corrected chi connectivity index (χ4v) is 2.48. The summed E-state index contributed by atoms with van der Waals surface area (Å²) in [6.45, 7) is 7.21. The number of hydrogen-bond acceptors (Lipinski definition) is 2. The van der Waals surface area contributed by atoms with Crippen molar-refractivity contribution in [1.82, 2.24) is 0 Å². The van der Waals surface area contributed by atoms with E-state index in [1.165, 1.54) is 5.57 Å². The van der Waals surface area contributed by atoms with E-state index in [1.807, 2.05) is 36.4 Å². The normalized spacial score (nSPS) is 11.6. The van der Waals surface area contributed by atoms with Crippen molar-refractivity contribution in [2.45, 2.75) is 33.6 Å². The number of carbonyl (C=O) groups is 1. The van der Waals surface area contributed by atoms with Gasteiger partial charge >= 0.3 is 5.97 Å². The number of ether oxygens (including phenoxy) is 1. The molecule has 0 aliphatic carbocycles. The van der Waals surface area contributed by atoms with Crippen LogP contribution < -0.4 is 4.74 Å². The van der Waals surface area contributed by atoms with Crippen molar-refractivity contribution < 1.29 is 14.6 Å². The first-order chi connectivity index (χ1) is 12.0. The molecule has 0 radical (unpaired) electrons. The zero-order valence-corrected chi connectivity index (χ0v) is 15.2. The molecule has 2 aromatic carbocycles. The van der Waals surface area contributed by atoms with E-state index in [-0.39, 0.29) is 0 Å². The third-order valence-corrected chi connectivity index (χ3v) is 4.13. The quantitative estimate of drug-likeness (QED) is 0.618. The largest absolute Gasteiger partial charge is 0.494 e. The highest BCUT2D eigenvalue weighted by molar-refractivity contribution is 5.88. The Balaban J connectivity index is 1.87. The molecule has 2 aromatic rings. The van der Waals surface area contributed by atoms with Gasteiger partial charge in [-0.3, -0.25) is 0 Å². The molecular formula is C22H26O3. The summed E-state index contributed by atoms with van der Waals surface area (Å²) in [5.74, 6) is 0.566. The van der Waals surface area contributed by atoms with Crippen LogP contribution in [0.4, 0.5) is 0 Å². The molecule has 1 N–H and O–H groups in total. The van der Waals surface area contributed by atoms with Crippen LogP contribution in [-0.2, 0) is 0 Å². The Bertz CT molecular complexity index is 708. The average Bonchev–Trinajstić information content (AvgIpc) is 2.60. The van der Waals surface area contributed by atoms with E-state index in [0.717, 1.165) is 29.7 Å². The molecule has 0 saturated carbocycles. The topological polar surface area (TPSA) is 46.5 Å². The first-order valence-corrected chi connectivity index (χ1v) is 8.65. The van der Waals surface area contributed by atoms with Crippen molar-refractivity contribution in [3.8, 4) is 16.9 Å². The second-order valence-corrected chi connectivity index (χ2v) is 6.67. The van der Waals surface area contributed by atoms with Gasteiger partial charge in [-0.1, -0.05) is 42.8 Å². The highest BCUT2D eigenvalue weighted by Crippen LogP contribution is 2.23. The van der Waals surface area contributed by atoms with E-state index >= 15 is 0 Å². The number of carboxylic acid groups (broad SMARTS) is 1. The molecule has 132 valence electrons. The summed E-state index contributed by atoms with van der Waals surface area (Å²) in [4.78, 5) is 10.9. The van der Waals surface area contributed by atoms with Crippen LogP contribution >= 0.6 is 0 Å². The number of allylic oxidation sites excluding steroid dienone is 2. The first-order valence-electron chi connectivity index (χ1n) is 8.65. The van der Waals surface area contributed by atoms with Gasteiger partial charge in [0.15, 0.2) is 0 Å². The molecule has 0 bridgehead atoms. The molecule has 1 unspecified atom stereocenters. The molecule has 0 fully saturated rings. The maximum absolute atomic E-state index is 10.9. The number of benzene rings is 2. The lowest BCUT2D eigenvalue weighted by atomic mass is 10.0. The van der Waals surface area contributed by atoms with Crippen LogP contribution in [0, 0.1) is 5.92 Å². The van der Waals surface area contributed by atoms with Crippen molar-refractivity contribution in [1.29, 1.82) is 0 Å². The van der Waals surface area contributed by atoms with E-state index in [4.69, 9.17) is 9.84 Å². The molecule has 0 heterocycles. The smallest absolute Gasteiger partial charge is 0.335 e. The summed E-state index contributed by atoms with van der Waals surface area (Å²) >= 11 is 0. The molecule has 0 amide bonds. The van der Waals surface area contributed by atoms with Crippen LogP contribution in [0.2, 0.25) is 0 Å². The van der Waals surface area contributed by atoms with Crippen molar-refractivity contribution in [3.05, 3.63) is 65.7 Å². The highest BCUT2D eigenvalue weighted by atomic mass is 16.5. The number of rotatable bonds is 8. The van der Waals surface area contributed by atoms with Crippen molar-refractivity contribution >= 4 is 5.97 Å². The molecule has 0 aliphatic heterocycles. The summed E-state index contributed by atoms with van der Waals surface area (Å²) < 4.78 is 5.83. The molecule has 0 saturated heterocycles. The average molecular weight is 338 g/mol. The van der Waals surface area contributed by atoms with Gasteiger partial charge in [0.2, 0.25) is 0 Å². The minimum absolute atomic E-state index is 0.297. The van der Waals surface area contributed by atoms with E-state index in [1.54, 1.807) is 12.1 Å². The third-order valence-electron chi connectivity index (χ3n) is 4.13. The van der Waals surface area contributed by atoms with E-state index in [0.29, 0.717) is 18.1 Å². The zero-order valence-electron chi connectivity index (χ0n) is 15.2. The first kappa shape index (κ1) is 18.8. The molecule has 3 nitrogen and oxygen atoms in total. The molecule has 0 aliphatic rings. The van der Waals surface area contributed by atoms with E-state index in [9.17, 15) is 4.79 Å². The van der Waals surface area contributed by atoms with Gasteiger partial charge in [0.1, 0.15) is 5.75 Å².